The second-order valence-electron chi connectivity index (χ2n) is 26.9. The molecule has 0 radical (unpaired) electrons. The summed E-state index contributed by atoms with van der Waals surface area (Å²) >= 11 is 0. The van der Waals surface area contributed by atoms with Crippen molar-refractivity contribution >= 4 is 39.5 Å². The lowest BCUT2D eigenvalue weighted by Crippen LogP contribution is -2.30. The summed E-state index contributed by atoms with van der Waals surface area (Å²) in [6.07, 6.45) is 42.0. The Morgan fingerprint density at radius 3 is 0.798 bits per heavy atom. The van der Waals surface area contributed by atoms with Gasteiger partial charge in [-0.15, -0.1) is 0 Å². The zero-order chi connectivity index (χ0) is 66.1. The third-order valence-electron chi connectivity index (χ3n) is 16.4. The van der Waals surface area contributed by atoms with Crippen molar-refractivity contribution < 1.29 is 80.2 Å². The van der Waals surface area contributed by atoms with Gasteiger partial charge in [-0.1, -0.05) is 293 Å². The standard InChI is InChI=1S/C70H136O17P2/c1-9-63(8)49-41-33-28-29-37-45-53-70(75)87-66(57-80-67(72)50-42-34-25-19-17-15-13-11-10-12-14-16-18-22-30-38-46-60(2)3)59-85-89(78,79)83-55-64(71)54-82-88(76,77)84-58-65(86-69(74)52-44-36-27-21-24-32-40-48-62(6)7)56-81-68(73)51-43-35-26-20-23-31-39-47-61(4)5/h60-66,71H,9-59H2,1-8H3,(H,76,77)(H,78,79)/t63?,64?,65-,66-/m1/s1. The highest BCUT2D eigenvalue weighted by molar-refractivity contribution is 7.47. The van der Waals surface area contributed by atoms with Crippen LogP contribution in [-0.4, -0.2) is 96.7 Å². The number of ether oxygens (including phenoxy) is 4. The Labute approximate surface area is 543 Å². The molecule has 6 atom stereocenters. The van der Waals surface area contributed by atoms with Gasteiger partial charge in [-0.05, 0) is 49.4 Å². The van der Waals surface area contributed by atoms with E-state index in [-0.39, 0.29) is 25.7 Å². The van der Waals surface area contributed by atoms with E-state index in [9.17, 15) is 43.2 Å². The summed E-state index contributed by atoms with van der Waals surface area (Å²) in [5, 5.41) is 10.6. The first kappa shape index (κ1) is 87.1. The number of carbonyl (C=O) groups excluding carboxylic acids is 4. The molecule has 0 rings (SSSR count). The van der Waals surface area contributed by atoms with Crippen LogP contribution in [0.2, 0.25) is 0 Å². The maximum atomic E-state index is 13.0. The molecule has 0 saturated carbocycles. The van der Waals surface area contributed by atoms with Crippen molar-refractivity contribution in [1.29, 1.82) is 0 Å². The molecule has 0 spiro atoms. The first-order chi connectivity index (χ1) is 42.6. The molecule has 0 aliphatic heterocycles. The third-order valence-corrected chi connectivity index (χ3v) is 18.3. The molecule has 0 aromatic rings. The summed E-state index contributed by atoms with van der Waals surface area (Å²) in [6, 6.07) is 0. The first-order valence-corrected chi connectivity index (χ1v) is 39.2. The van der Waals surface area contributed by atoms with E-state index in [2.05, 4.69) is 55.4 Å². The average Bonchev–Trinajstić information content (AvgIpc) is 3.69. The molecule has 89 heavy (non-hydrogen) atoms. The smallest absolute Gasteiger partial charge is 0.462 e. The number of phosphoric ester groups is 2. The maximum absolute atomic E-state index is 13.0. The number of carbonyl (C=O) groups is 4. The van der Waals surface area contributed by atoms with Gasteiger partial charge in [0.25, 0.3) is 0 Å². The predicted octanol–water partition coefficient (Wildman–Crippen LogP) is 19.7. The number of aliphatic hydroxyl groups excluding tert-OH is 1. The molecule has 0 amide bonds. The highest BCUT2D eigenvalue weighted by atomic mass is 31.2. The number of rotatable bonds is 67. The predicted molar refractivity (Wildman–Crippen MR) is 358 cm³/mol. The molecule has 17 nitrogen and oxygen atoms in total. The number of esters is 4. The molecule has 0 aromatic heterocycles. The highest BCUT2D eigenvalue weighted by Crippen LogP contribution is 2.45. The minimum absolute atomic E-state index is 0.102. The zero-order valence-corrected chi connectivity index (χ0v) is 59.8. The van der Waals surface area contributed by atoms with E-state index in [0.29, 0.717) is 37.5 Å². The Balaban J connectivity index is 5.16. The molecule has 19 heteroatoms. The van der Waals surface area contributed by atoms with Gasteiger partial charge in [0.2, 0.25) is 0 Å². The summed E-state index contributed by atoms with van der Waals surface area (Å²) in [6.45, 7) is 14.0. The van der Waals surface area contributed by atoms with Gasteiger partial charge in [0, 0.05) is 25.7 Å². The molecular formula is C70H136O17P2. The Morgan fingerprint density at radius 1 is 0.315 bits per heavy atom. The summed E-state index contributed by atoms with van der Waals surface area (Å²) in [7, 11) is -9.90. The van der Waals surface area contributed by atoms with E-state index in [4.69, 9.17) is 37.0 Å². The quantitative estimate of drug-likeness (QED) is 0.0222. The monoisotopic (exact) mass is 1310 g/mol. The van der Waals surface area contributed by atoms with Crippen LogP contribution in [0.15, 0.2) is 0 Å². The second kappa shape index (κ2) is 59.8. The molecule has 0 heterocycles. The Bertz CT molecular complexity index is 1770. The SMILES string of the molecule is CCC(C)CCCCCCCCC(=O)O[C@H](COC(=O)CCCCCCCCCCCCCCCCCCC(C)C)COP(=O)(O)OCC(O)COP(=O)(O)OC[C@@H](COC(=O)CCCCCCCCCC(C)C)OC(=O)CCCCCCCCCC(C)C. The number of phosphoric acid groups is 2. The molecule has 0 fully saturated rings. The van der Waals surface area contributed by atoms with Gasteiger partial charge in [-0.2, -0.15) is 0 Å². The lowest BCUT2D eigenvalue weighted by Gasteiger charge is -2.21. The van der Waals surface area contributed by atoms with Crippen LogP contribution in [0.1, 0.15) is 344 Å². The molecule has 0 aromatic carbocycles. The summed E-state index contributed by atoms with van der Waals surface area (Å²) < 4.78 is 68.2. The Kier molecular flexibility index (Phi) is 58.5. The summed E-state index contributed by atoms with van der Waals surface area (Å²) in [4.78, 5) is 72.4. The van der Waals surface area contributed by atoms with Crippen molar-refractivity contribution in [2.75, 3.05) is 39.6 Å². The lowest BCUT2D eigenvalue weighted by atomic mass is 10.00. The minimum Gasteiger partial charge on any atom is -0.462 e. The Hall–Kier alpha value is -1.94. The van der Waals surface area contributed by atoms with E-state index < -0.39 is 97.5 Å². The van der Waals surface area contributed by atoms with Crippen molar-refractivity contribution in [2.24, 2.45) is 23.7 Å². The fraction of sp³-hybridized carbons (Fsp3) is 0.943. The van der Waals surface area contributed by atoms with Crippen molar-refractivity contribution in [3.63, 3.8) is 0 Å². The van der Waals surface area contributed by atoms with Gasteiger partial charge in [0.05, 0.1) is 26.4 Å². The molecule has 4 unspecified atom stereocenters. The fourth-order valence-corrected chi connectivity index (χ4v) is 12.0. The van der Waals surface area contributed by atoms with Crippen LogP contribution >= 0.6 is 15.6 Å². The molecule has 528 valence electrons. The fourth-order valence-electron chi connectivity index (χ4n) is 10.5. The highest BCUT2D eigenvalue weighted by Gasteiger charge is 2.30. The van der Waals surface area contributed by atoms with Crippen molar-refractivity contribution in [2.45, 2.75) is 363 Å². The molecular weight excluding hydrogens is 1170 g/mol. The minimum atomic E-state index is -4.95. The summed E-state index contributed by atoms with van der Waals surface area (Å²) in [5.41, 5.74) is 0. The van der Waals surface area contributed by atoms with E-state index in [1.165, 1.54) is 141 Å². The van der Waals surface area contributed by atoms with Crippen molar-refractivity contribution in [3.05, 3.63) is 0 Å². The first-order valence-electron chi connectivity index (χ1n) is 36.2. The maximum Gasteiger partial charge on any atom is 0.472 e. The van der Waals surface area contributed by atoms with Crippen LogP contribution < -0.4 is 0 Å². The second-order valence-corrected chi connectivity index (χ2v) is 29.8. The van der Waals surface area contributed by atoms with Crippen LogP contribution in [0.25, 0.3) is 0 Å². The van der Waals surface area contributed by atoms with Gasteiger partial charge in [-0.25, -0.2) is 9.13 Å². The molecule has 0 saturated heterocycles. The van der Waals surface area contributed by atoms with Crippen molar-refractivity contribution in [3.8, 4) is 0 Å². The van der Waals surface area contributed by atoms with Crippen molar-refractivity contribution in [1.82, 2.24) is 0 Å². The van der Waals surface area contributed by atoms with Crippen LogP contribution in [0, 0.1) is 23.7 Å². The molecule has 0 bridgehead atoms. The summed E-state index contributed by atoms with van der Waals surface area (Å²) in [5.74, 6) is 0.798. The molecule has 0 aliphatic rings. The number of aliphatic hydroxyl groups is 1. The number of hydrogen-bond acceptors (Lipinski definition) is 15. The van der Waals surface area contributed by atoms with Crippen LogP contribution in [0.3, 0.4) is 0 Å². The number of unbranched alkanes of at least 4 members (excludes halogenated alkanes) is 32. The number of hydrogen-bond donors (Lipinski definition) is 3. The zero-order valence-electron chi connectivity index (χ0n) is 58.1. The Morgan fingerprint density at radius 2 is 0.539 bits per heavy atom. The molecule has 3 N–H and O–H groups in total. The van der Waals surface area contributed by atoms with E-state index in [1.54, 1.807) is 0 Å². The van der Waals surface area contributed by atoms with Crippen LogP contribution in [0.4, 0.5) is 0 Å². The molecule has 0 aliphatic carbocycles. The van der Waals surface area contributed by atoms with Gasteiger partial charge in [-0.3, -0.25) is 37.3 Å². The van der Waals surface area contributed by atoms with Gasteiger partial charge in [0.15, 0.2) is 12.2 Å². The topological polar surface area (TPSA) is 237 Å². The normalized spacial score (nSPS) is 14.6. The van der Waals surface area contributed by atoms with E-state index >= 15 is 0 Å². The van der Waals surface area contributed by atoms with Crippen LogP contribution in [-0.2, 0) is 65.4 Å². The third kappa shape index (κ3) is 63.2. The lowest BCUT2D eigenvalue weighted by molar-refractivity contribution is -0.161. The van der Waals surface area contributed by atoms with E-state index in [1.807, 2.05) is 0 Å². The van der Waals surface area contributed by atoms with Gasteiger partial charge < -0.3 is 33.8 Å². The largest absolute Gasteiger partial charge is 0.472 e. The van der Waals surface area contributed by atoms with Gasteiger partial charge in [0.1, 0.15) is 19.3 Å². The van der Waals surface area contributed by atoms with Crippen LogP contribution in [0.5, 0.6) is 0 Å². The van der Waals surface area contributed by atoms with E-state index in [0.717, 1.165) is 108 Å². The van der Waals surface area contributed by atoms with Gasteiger partial charge >= 0.3 is 39.5 Å². The average molecular weight is 1310 g/mol.